The number of hydrogen-bond donors (Lipinski definition) is 2. The second-order valence-corrected chi connectivity index (χ2v) is 5.58. The summed E-state index contributed by atoms with van der Waals surface area (Å²) >= 11 is 0. The Morgan fingerprint density at radius 2 is 1.82 bits per heavy atom. The number of halogens is 2. The molecule has 2 N–H and O–H groups in total. The van der Waals surface area contributed by atoms with E-state index < -0.39 is 42.6 Å². The van der Waals surface area contributed by atoms with Gasteiger partial charge < -0.3 is 24.8 Å². The van der Waals surface area contributed by atoms with Gasteiger partial charge in [0, 0.05) is 11.6 Å². The smallest absolute Gasteiger partial charge is 0.325 e. The molecule has 28 heavy (non-hydrogen) atoms. The first-order chi connectivity index (χ1) is 13.4. The van der Waals surface area contributed by atoms with Crippen LogP contribution in [-0.2, 0) is 14.3 Å². The molecule has 0 saturated carbocycles. The minimum absolute atomic E-state index is 0.0661. The average molecular weight is 392 g/mol. The van der Waals surface area contributed by atoms with Crippen LogP contribution in [-0.4, -0.2) is 37.7 Å². The lowest BCUT2D eigenvalue weighted by molar-refractivity contribution is -0.146. The number of amides is 2. The Morgan fingerprint density at radius 1 is 1.04 bits per heavy atom. The van der Waals surface area contributed by atoms with E-state index in [-0.39, 0.29) is 18.0 Å². The Balaban J connectivity index is 1.42. The van der Waals surface area contributed by atoms with Crippen molar-refractivity contribution in [2.45, 2.75) is 0 Å². The predicted octanol–water partition coefficient (Wildman–Crippen LogP) is 1.61. The summed E-state index contributed by atoms with van der Waals surface area (Å²) in [5, 5.41) is 4.47. The highest BCUT2D eigenvalue weighted by Gasteiger charge is 2.17. The number of rotatable bonds is 6. The summed E-state index contributed by atoms with van der Waals surface area (Å²) in [6, 6.07) is 7.14. The summed E-state index contributed by atoms with van der Waals surface area (Å²) in [5.41, 5.74) is 0.000128. The molecule has 1 heterocycles. The van der Waals surface area contributed by atoms with Gasteiger partial charge in [0.05, 0.1) is 5.69 Å². The van der Waals surface area contributed by atoms with Crippen LogP contribution in [0.25, 0.3) is 0 Å². The number of nitrogens with one attached hydrogen (secondary N) is 2. The minimum atomic E-state index is -0.962. The van der Waals surface area contributed by atoms with Crippen molar-refractivity contribution in [3.8, 4) is 11.5 Å². The predicted molar refractivity (Wildman–Crippen MR) is 90.8 cm³/mol. The molecule has 0 radical (unpaired) electrons. The van der Waals surface area contributed by atoms with Gasteiger partial charge in [-0.3, -0.25) is 14.4 Å². The maximum atomic E-state index is 13.4. The van der Waals surface area contributed by atoms with Crippen molar-refractivity contribution in [3.63, 3.8) is 0 Å². The second kappa shape index (κ2) is 8.33. The van der Waals surface area contributed by atoms with Gasteiger partial charge in [-0.05, 0) is 30.3 Å². The normalized spacial score (nSPS) is 11.6. The van der Waals surface area contributed by atoms with Crippen LogP contribution in [0.1, 0.15) is 10.4 Å². The molecule has 0 bridgehead atoms. The lowest BCUT2D eigenvalue weighted by Crippen LogP contribution is -2.32. The van der Waals surface area contributed by atoms with E-state index in [1.807, 2.05) is 0 Å². The number of fused-ring (bicyclic) bond motifs is 1. The molecule has 0 saturated heterocycles. The minimum Gasteiger partial charge on any atom is -0.454 e. The topological polar surface area (TPSA) is 103 Å². The van der Waals surface area contributed by atoms with Crippen molar-refractivity contribution in [3.05, 3.63) is 53.6 Å². The SMILES string of the molecule is O=C(COC(=O)CNC(=O)c1ccc2c(c1)OCO2)Nc1ccc(F)cc1F. The van der Waals surface area contributed by atoms with Gasteiger partial charge in [0.25, 0.3) is 11.8 Å². The van der Waals surface area contributed by atoms with Gasteiger partial charge in [0.2, 0.25) is 6.79 Å². The molecule has 2 aromatic carbocycles. The zero-order valence-electron chi connectivity index (χ0n) is 14.3. The van der Waals surface area contributed by atoms with Gasteiger partial charge in [-0.1, -0.05) is 0 Å². The van der Waals surface area contributed by atoms with Gasteiger partial charge >= 0.3 is 5.97 Å². The number of esters is 1. The van der Waals surface area contributed by atoms with Crippen molar-refractivity contribution in [2.75, 3.05) is 25.3 Å². The first-order valence-corrected chi connectivity index (χ1v) is 8.01. The third kappa shape index (κ3) is 4.72. The Labute approximate surface area is 157 Å². The summed E-state index contributed by atoms with van der Waals surface area (Å²) in [6.45, 7) is -1.11. The van der Waals surface area contributed by atoms with Crippen molar-refractivity contribution in [2.24, 2.45) is 0 Å². The van der Waals surface area contributed by atoms with Crippen LogP contribution < -0.4 is 20.1 Å². The number of carbonyl (C=O) groups is 3. The zero-order chi connectivity index (χ0) is 20.1. The Bertz CT molecular complexity index is 934. The molecule has 8 nitrogen and oxygen atoms in total. The fourth-order valence-electron chi connectivity index (χ4n) is 2.27. The van der Waals surface area contributed by atoms with Crippen LogP contribution in [0.3, 0.4) is 0 Å². The largest absolute Gasteiger partial charge is 0.454 e. The maximum Gasteiger partial charge on any atom is 0.325 e. The summed E-state index contributed by atoms with van der Waals surface area (Å²) in [5.74, 6) is -3.06. The monoisotopic (exact) mass is 392 g/mol. The van der Waals surface area contributed by atoms with E-state index in [4.69, 9.17) is 14.2 Å². The molecule has 3 rings (SSSR count). The Morgan fingerprint density at radius 3 is 2.61 bits per heavy atom. The molecule has 0 fully saturated rings. The lowest BCUT2D eigenvalue weighted by Gasteiger charge is -2.08. The van der Waals surface area contributed by atoms with E-state index in [2.05, 4.69) is 10.6 Å². The molecule has 146 valence electrons. The number of ether oxygens (including phenoxy) is 3. The molecule has 1 aliphatic heterocycles. The van der Waals surface area contributed by atoms with E-state index in [1.54, 1.807) is 6.07 Å². The summed E-state index contributed by atoms with van der Waals surface area (Å²) in [7, 11) is 0. The molecule has 0 atom stereocenters. The summed E-state index contributed by atoms with van der Waals surface area (Å²) in [6.07, 6.45) is 0. The molecule has 2 aromatic rings. The van der Waals surface area contributed by atoms with Crippen LogP contribution in [0.4, 0.5) is 14.5 Å². The van der Waals surface area contributed by atoms with Crippen molar-refractivity contribution in [1.82, 2.24) is 5.32 Å². The van der Waals surface area contributed by atoms with E-state index >= 15 is 0 Å². The van der Waals surface area contributed by atoms with E-state index in [0.29, 0.717) is 17.6 Å². The number of hydrogen-bond acceptors (Lipinski definition) is 6. The molecule has 1 aliphatic rings. The van der Waals surface area contributed by atoms with Crippen molar-refractivity contribution < 1.29 is 37.4 Å². The van der Waals surface area contributed by atoms with Crippen LogP contribution in [0.5, 0.6) is 11.5 Å². The van der Waals surface area contributed by atoms with E-state index in [9.17, 15) is 23.2 Å². The summed E-state index contributed by atoms with van der Waals surface area (Å²) < 4.78 is 41.2. The second-order valence-electron chi connectivity index (χ2n) is 5.58. The highest BCUT2D eigenvalue weighted by molar-refractivity contribution is 5.97. The molecule has 10 heteroatoms. The number of anilines is 1. The highest BCUT2D eigenvalue weighted by atomic mass is 19.1. The lowest BCUT2D eigenvalue weighted by atomic mass is 10.2. The van der Waals surface area contributed by atoms with Crippen molar-refractivity contribution >= 4 is 23.5 Å². The van der Waals surface area contributed by atoms with E-state index in [0.717, 1.165) is 12.1 Å². The quantitative estimate of drug-likeness (QED) is 0.724. The molecule has 0 aliphatic carbocycles. The fraction of sp³-hybridized carbons (Fsp3) is 0.167. The Kier molecular flexibility index (Phi) is 5.68. The molecular weight excluding hydrogens is 378 g/mol. The zero-order valence-corrected chi connectivity index (χ0v) is 14.3. The average Bonchev–Trinajstić information content (AvgIpc) is 3.14. The first kappa shape index (κ1) is 19.1. The number of carbonyl (C=O) groups excluding carboxylic acids is 3. The fourth-order valence-corrected chi connectivity index (χ4v) is 2.27. The van der Waals surface area contributed by atoms with Gasteiger partial charge in [0.1, 0.15) is 18.2 Å². The molecule has 0 spiro atoms. The summed E-state index contributed by atoms with van der Waals surface area (Å²) in [4.78, 5) is 35.3. The van der Waals surface area contributed by atoms with E-state index in [1.165, 1.54) is 12.1 Å². The molecular formula is C18H14F2N2O6. The molecule has 2 amide bonds. The van der Waals surface area contributed by atoms with Crippen molar-refractivity contribution in [1.29, 1.82) is 0 Å². The van der Waals surface area contributed by atoms with Crippen LogP contribution in [0.15, 0.2) is 36.4 Å². The molecule has 0 unspecified atom stereocenters. The van der Waals surface area contributed by atoms with Crippen LogP contribution in [0.2, 0.25) is 0 Å². The van der Waals surface area contributed by atoms with Gasteiger partial charge in [-0.25, -0.2) is 8.78 Å². The number of benzene rings is 2. The standard InChI is InChI=1S/C18H14F2N2O6/c19-11-2-3-13(12(20)6-11)22-16(23)8-26-17(24)7-21-18(25)10-1-4-14-15(5-10)28-9-27-14/h1-6H,7-9H2,(H,21,25)(H,22,23). The van der Waals surface area contributed by atoms with Crippen LogP contribution >= 0.6 is 0 Å². The Hall–Kier alpha value is -3.69. The highest BCUT2D eigenvalue weighted by Crippen LogP contribution is 2.32. The van der Waals surface area contributed by atoms with Gasteiger partial charge in [0.15, 0.2) is 18.1 Å². The first-order valence-electron chi connectivity index (χ1n) is 8.01. The molecule has 0 aromatic heterocycles. The third-order valence-corrected chi connectivity index (χ3v) is 3.60. The van der Waals surface area contributed by atoms with Crippen LogP contribution in [0, 0.1) is 11.6 Å². The maximum absolute atomic E-state index is 13.4. The van der Waals surface area contributed by atoms with Gasteiger partial charge in [-0.15, -0.1) is 0 Å². The third-order valence-electron chi connectivity index (χ3n) is 3.60. The van der Waals surface area contributed by atoms with Gasteiger partial charge in [-0.2, -0.15) is 0 Å².